The summed E-state index contributed by atoms with van der Waals surface area (Å²) in [7, 11) is 0. The molecule has 0 amide bonds. The van der Waals surface area contributed by atoms with Crippen molar-refractivity contribution in [3.05, 3.63) is 33.3 Å². The van der Waals surface area contributed by atoms with Crippen molar-refractivity contribution in [3.8, 4) is 0 Å². The van der Waals surface area contributed by atoms with Gasteiger partial charge in [-0.3, -0.25) is 10.1 Å². The molecule has 0 radical (unpaired) electrons. The lowest BCUT2D eigenvalue weighted by molar-refractivity contribution is -0.384. The molecule has 0 saturated carbocycles. The highest BCUT2D eigenvalue weighted by Gasteiger charge is 2.24. The number of benzene rings is 1. The standard InChI is InChI=1S/C14H19ClN4O2S/c1-10(2)16-14(22)18-7-5-17(6-8-18)12-4-3-11(15)9-13(12)19(20)21/h3-4,9-10H,5-8H2,1-2H3,(H,16,22). The zero-order chi connectivity index (χ0) is 16.3. The summed E-state index contributed by atoms with van der Waals surface area (Å²) in [6, 6.07) is 5.08. The zero-order valence-electron chi connectivity index (χ0n) is 12.6. The van der Waals surface area contributed by atoms with Crippen LogP contribution < -0.4 is 10.2 Å². The summed E-state index contributed by atoms with van der Waals surface area (Å²) in [5.41, 5.74) is 0.653. The number of piperazine rings is 1. The van der Waals surface area contributed by atoms with Crippen molar-refractivity contribution in [1.82, 2.24) is 10.2 Å². The number of hydrogen-bond acceptors (Lipinski definition) is 4. The number of nitro groups is 1. The molecule has 1 aliphatic heterocycles. The fourth-order valence-electron chi connectivity index (χ4n) is 2.40. The number of nitrogens with one attached hydrogen (secondary N) is 1. The Morgan fingerprint density at radius 1 is 1.36 bits per heavy atom. The van der Waals surface area contributed by atoms with E-state index in [-0.39, 0.29) is 5.69 Å². The van der Waals surface area contributed by atoms with Crippen LogP contribution in [-0.4, -0.2) is 47.2 Å². The minimum atomic E-state index is -0.390. The number of hydrogen-bond donors (Lipinski definition) is 1. The van der Waals surface area contributed by atoms with Crippen LogP contribution in [0.4, 0.5) is 11.4 Å². The molecular weight excluding hydrogens is 324 g/mol. The van der Waals surface area contributed by atoms with E-state index in [0.717, 1.165) is 18.2 Å². The van der Waals surface area contributed by atoms with Crippen molar-refractivity contribution in [2.45, 2.75) is 19.9 Å². The number of anilines is 1. The Morgan fingerprint density at radius 3 is 2.55 bits per heavy atom. The molecule has 1 aliphatic rings. The van der Waals surface area contributed by atoms with Gasteiger partial charge in [-0.2, -0.15) is 0 Å². The molecule has 1 heterocycles. The number of nitro benzene ring substituents is 1. The highest BCUT2D eigenvalue weighted by Crippen LogP contribution is 2.31. The molecule has 0 atom stereocenters. The molecule has 1 aromatic rings. The van der Waals surface area contributed by atoms with Crippen molar-refractivity contribution in [2.75, 3.05) is 31.1 Å². The maximum atomic E-state index is 11.2. The SMILES string of the molecule is CC(C)NC(=S)N1CCN(c2ccc(Cl)cc2[N+](=O)[O-])CC1. The molecule has 0 unspecified atom stereocenters. The van der Waals surface area contributed by atoms with Gasteiger partial charge in [-0.1, -0.05) is 11.6 Å². The fourth-order valence-corrected chi connectivity index (χ4v) is 2.98. The van der Waals surface area contributed by atoms with Gasteiger partial charge in [0.05, 0.1) is 4.92 Å². The molecule has 0 bridgehead atoms. The van der Waals surface area contributed by atoms with E-state index in [1.165, 1.54) is 6.07 Å². The van der Waals surface area contributed by atoms with Gasteiger partial charge in [-0.25, -0.2) is 0 Å². The van der Waals surface area contributed by atoms with E-state index in [4.69, 9.17) is 23.8 Å². The molecule has 22 heavy (non-hydrogen) atoms. The van der Waals surface area contributed by atoms with Crippen LogP contribution in [0, 0.1) is 10.1 Å². The topological polar surface area (TPSA) is 61.6 Å². The Balaban J connectivity index is 2.06. The van der Waals surface area contributed by atoms with Crippen LogP contribution in [0.5, 0.6) is 0 Å². The highest BCUT2D eigenvalue weighted by atomic mass is 35.5. The normalized spacial score (nSPS) is 15.1. The summed E-state index contributed by atoms with van der Waals surface area (Å²) in [4.78, 5) is 14.9. The average molecular weight is 343 g/mol. The van der Waals surface area contributed by atoms with Gasteiger partial charge in [0.2, 0.25) is 0 Å². The quantitative estimate of drug-likeness (QED) is 0.517. The summed E-state index contributed by atoms with van der Waals surface area (Å²) in [6.07, 6.45) is 0. The molecule has 0 spiro atoms. The highest BCUT2D eigenvalue weighted by molar-refractivity contribution is 7.80. The second-order valence-corrected chi connectivity index (χ2v) is 6.29. The molecule has 6 nitrogen and oxygen atoms in total. The summed E-state index contributed by atoms with van der Waals surface area (Å²) >= 11 is 11.2. The van der Waals surface area contributed by atoms with E-state index in [1.54, 1.807) is 12.1 Å². The lowest BCUT2D eigenvalue weighted by Gasteiger charge is -2.37. The Hall–Kier alpha value is -1.60. The molecule has 1 N–H and O–H groups in total. The van der Waals surface area contributed by atoms with Crippen molar-refractivity contribution in [1.29, 1.82) is 0 Å². The first-order valence-electron chi connectivity index (χ1n) is 7.13. The average Bonchev–Trinajstić information content (AvgIpc) is 2.46. The Bertz CT molecular complexity index is 574. The van der Waals surface area contributed by atoms with Crippen LogP contribution in [0.1, 0.15) is 13.8 Å². The van der Waals surface area contributed by atoms with Crippen LogP contribution in [0.25, 0.3) is 0 Å². The third-order valence-electron chi connectivity index (χ3n) is 3.45. The number of halogens is 1. The number of thiocarbonyl (C=S) groups is 1. The van der Waals surface area contributed by atoms with E-state index >= 15 is 0 Å². The van der Waals surface area contributed by atoms with Crippen molar-refractivity contribution < 1.29 is 4.92 Å². The Kier molecular flexibility index (Phi) is 5.42. The number of rotatable bonds is 3. The Labute approximate surface area is 140 Å². The minimum Gasteiger partial charge on any atom is -0.362 e. The predicted molar refractivity (Wildman–Crippen MR) is 92.8 cm³/mol. The maximum absolute atomic E-state index is 11.2. The van der Waals surface area contributed by atoms with Crippen molar-refractivity contribution in [2.24, 2.45) is 0 Å². The smallest absolute Gasteiger partial charge is 0.294 e. The van der Waals surface area contributed by atoms with Crippen LogP contribution in [0.2, 0.25) is 5.02 Å². The molecule has 1 saturated heterocycles. The molecule has 2 rings (SSSR count). The first-order chi connectivity index (χ1) is 10.4. The first kappa shape index (κ1) is 16.8. The van der Waals surface area contributed by atoms with Crippen molar-refractivity contribution in [3.63, 3.8) is 0 Å². The second kappa shape index (κ2) is 7.11. The molecular formula is C14H19ClN4O2S. The van der Waals surface area contributed by atoms with E-state index in [9.17, 15) is 10.1 Å². The van der Waals surface area contributed by atoms with Gasteiger partial charge in [0, 0.05) is 43.3 Å². The molecule has 8 heteroatoms. The van der Waals surface area contributed by atoms with E-state index in [1.807, 2.05) is 18.7 Å². The monoisotopic (exact) mass is 342 g/mol. The van der Waals surface area contributed by atoms with Gasteiger partial charge in [0.15, 0.2) is 5.11 Å². The molecule has 0 aromatic heterocycles. The molecule has 1 fully saturated rings. The summed E-state index contributed by atoms with van der Waals surface area (Å²) in [5.74, 6) is 0. The predicted octanol–water partition coefficient (Wildman–Crippen LogP) is 2.65. The van der Waals surface area contributed by atoms with Gasteiger partial charge < -0.3 is 15.1 Å². The van der Waals surface area contributed by atoms with Crippen LogP contribution in [0.15, 0.2) is 18.2 Å². The van der Waals surface area contributed by atoms with Gasteiger partial charge in [0.25, 0.3) is 5.69 Å². The fraction of sp³-hybridized carbons (Fsp3) is 0.500. The lowest BCUT2D eigenvalue weighted by atomic mass is 10.2. The summed E-state index contributed by atoms with van der Waals surface area (Å²) in [6.45, 7) is 6.92. The summed E-state index contributed by atoms with van der Waals surface area (Å²) in [5, 5.41) is 15.5. The van der Waals surface area contributed by atoms with Crippen molar-refractivity contribution >= 4 is 40.3 Å². The maximum Gasteiger partial charge on any atom is 0.294 e. The second-order valence-electron chi connectivity index (χ2n) is 5.47. The van der Waals surface area contributed by atoms with Gasteiger partial charge >= 0.3 is 0 Å². The largest absolute Gasteiger partial charge is 0.362 e. The number of nitrogens with zero attached hydrogens (tertiary/aromatic N) is 3. The molecule has 120 valence electrons. The minimum absolute atomic E-state index is 0.0452. The molecule has 0 aliphatic carbocycles. The first-order valence-corrected chi connectivity index (χ1v) is 7.91. The van der Waals surface area contributed by atoms with E-state index < -0.39 is 4.92 Å². The zero-order valence-corrected chi connectivity index (χ0v) is 14.2. The van der Waals surface area contributed by atoms with Gasteiger partial charge in [-0.05, 0) is 38.2 Å². The third-order valence-corrected chi connectivity index (χ3v) is 4.07. The third kappa shape index (κ3) is 3.98. The van der Waals surface area contributed by atoms with Gasteiger partial charge in [-0.15, -0.1) is 0 Å². The summed E-state index contributed by atoms with van der Waals surface area (Å²) < 4.78 is 0. The Morgan fingerprint density at radius 2 is 2.00 bits per heavy atom. The van der Waals surface area contributed by atoms with E-state index in [2.05, 4.69) is 10.2 Å². The molecule has 1 aromatic carbocycles. The van der Waals surface area contributed by atoms with Crippen LogP contribution >= 0.6 is 23.8 Å². The van der Waals surface area contributed by atoms with Gasteiger partial charge in [0.1, 0.15) is 5.69 Å². The van der Waals surface area contributed by atoms with E-state index in [0.29, 0.717) is 29.8 Å². The van der Waals surface area contributed by atoms with Crippen LogP contribution in [0.3, 0.4) is 0 Å². The van der Waals surface area contributed by atoms with Crippen LogP contribution in [-0.2, 0) is 0 Å². The lowest BCUT2D eigenvalue weighted by Crippen LogP contribution is -2.52.